The molecule has 6 heteroatoms. The third kappa shape index (κ3) is 2.38. The largest absolute Gasteiger partial charge is 0.399 e. The van der Waals surface area contributed by atoms with Crippen molar-refractivity contribution in [3.05, 3.63) is 58.6 Å². The Hall–Kier alpha value is -3.14. The molecule has 1 aliphatic heterocycles. The second kappa shape index (κ2) is 6.06. The minimum atomic E-state index is -1.71. The Morgan fingerprint density at radius 3 is 2.60 bits per heavy atom. The maximum Gasteiger partial charge on any atom is 0.191 e. The van der Waals surface area contributed by atoms with Crippen LogP contribution in [0.2, 0.25) is 0 Å². The van der Waals surface area contributed by atoms with Crippen molar-refractivity contribution in [1.82, 2.24) is 4.90 Å². The number of allylic oxidation sites excluding steroid dienone is 2. The number of nitriles is 3. The number of nitrogens with two attached hydrogens (primary N) is 1. The number of halogens is 1. The Kier molecular flexibility index (Phi) is 4.05. The molecule has 0 radical (unpaired) electrons. The van der Waals surface area contributed by atoms with E-state index in [-0.39, 0.29) is 17.2 Å². The van der Waals surface area contributed by atoms with Gasteiger partial charge in [0, 0.05) is 24.9 Å². The lowest BCUT2D eigenvalue weighted by atomic mass is 9.58. The van der Waals surface area contributed by atoms with E-state index in [2.05, 4.69) is 6.07 Å². The second-order valence-electron chi connectivity index (χ2n) is 6.45. The van der Waals surface area contributed by atoms with Gasteiger partial charge in [0.05, 0.1) is 23.4 Å². The van der Waals surface area contributed by atoms with E-state index in [4.69, 9.17) is 5.73 Å². The van der Waals surface area contributed by atoms with Crippen molar-refractivity contribution in [1.29, 1.82) is 15.8 Å². The predicted octanol–water partition coefficient (Wildman–Crippen LogP) is 2.18. The third-order valence-corrected chi connectivity index (χ3v) is 5.05. The lowest BCUT2D eigenvalue weighted by Crippen LogP contribution is -2.47. The Balaban J connectivity index is 2.34. The van der Waals surface area contributed by atoms with Crippen LogP contribution in [0.25, 0.3) is 0 Å². The van der Waals surface area contributed by atoms with Gasteiger partial charge in [0.25, 0.3) is 0 Å². The van der Waals surface area contributed by atoms with Crippen molar-refractivity contribution in [3.63, 3.8) is 0 Å². The molecule has 0 fully saturated rings. The minimum absolute atomic E-state index is 0.0404. The average Bonchev–Trinajstić information content (AvgIpc) is 2.61. The van der Waals surface area contributed by atoms with Crippen LogP contribution < -0.4 is 5.73 Å². The first-order chi connectivity index (χ1) is 12.0. The average molecular weight is 333 g/mol. The Morgan fingerprint density at radius 1 is 1.28 bits per heavy atom. The Labute approximate surface area is 145 Å². The van der Waals surface area contributed by atoms with E-state index in [1.54, 1.807) is 12.1 Å². The van der Waals surface area contributed by atoms with Crippen LogP contribution in [-0.4, -0.2) is 25.0 Å². The van der Waals surface area contributed by atoms with E-state index in [0.29, 0.717) is 18.7 Å². The number of likely N-dealkylation sites (N-methyl/N-ethyl adjacent to an activating group) is 1. The van der Waals surface area contributed by atoms with Crippen LogP contribution in [-0.2, 0) is 0 Å². The fourth-order valence-electron chi connectivity index (χ4n) is 3.90. The molecule has 3 rings (SSSR count). The lowest BCUT2D eigenvalue weighted by Gasteiger charge is -2.45. The Bertz CT molecular complexity index is 895. The zero-order valence-electron chi connectivity index (χ0n) is 13.7. The van der Waals surface area contributed by atoms with Crippen LogP contribution in [0.5, 0.6) is 0 Å². The summed E-state index contributed by atoms with van der Waals surface area (Å²) in [4.78, 5) is 2.04. The molecule has 0 spiro atoms. The van der Waals surface area contributed by atoms with Gasteiger partial charge in [0.2, 0.25) is 0 Å². The Morgan fingerprint density at radius 2 is 2.00 bits per heavy atom. The molecule has 2 N–H and O–H groups in total. The summed E-state index contributed by atoms with van der Waals surface area (Å²) in [6.07, 6.45) is 1.91. The molecule has 0 saturated heterocycles. The van der Waals surface area contributed by atoms with E-state index in [1.807, 2.05) is 30.2 Å². The number of hydrogen-bond donors (Lipinski definition) is 1. The third-order valence-electron chi connectivity index (χ3n) is 5.05. The highest BCUT2D eigenvalue weighted by atomic mass is 19.1. The molecule has 1 aromatic rings. The summed E-state index contributed by atoms with van der Waals surface area (Å²) < 4.78 is 13.8. The number of rotatable bonds is 1. The van der Waals surface area contributed by atoms with E-state index in [0.717, 1.165) is 5.57 Å². The van der Waals surface area contributed by atoms with Gasteiger partial charge in [-0.05, 0) is 30.3 Å². The van der Waals surface area contributed by atoms with Gasteiger partial charge in [-0.15, -0.1) is 0 Å². The smallest absolute Gasteiger partial charge is 0.191 e. The van der Waals surface area contributed by atoms with Gasteiger partial charge in [-0.2, -0.15) is 15.8 Å². The molecule has 0 unspecified atom stereocenters. The molecular formula is C19H16FN5. The molecule has 124 valence electrons. The highest BCUT2D eigenvalue weighted by Gasteiger charge is 2.54. The van der Waals surface area contributed by atoms with Crippen molar-refractivity contribution < 1.29 is 4.39 Å². The quantitative estimate of drug-likeness (QED) is 0.849. The highest BCUT2D eigenvalue weighted by molar-refractivity contribution is 5.59. The molecule has 5 nitrogen and oxygen atoms in total. The van der Waals surface area contributed by atoms with Gasteiger partial charge in [-0.25, -0.2) is 4.39 Å². The summed E-state index contributed by atoms with van der Waals surface area (Å²) in [5.41, 5.74) is 5.89. The van der Waals surface area contributed by atoms with Crippen molar-refractivity contribution in [2.24, 2.45) is 17.1 Å². The summed E-state index contributed by atoms with van der Waals surface area (Å²) in [5.74, 6) is -1.38. The van der Waals surface area contributed by atoms with Gasteiger partial charge in [0.15, 0.2) is 5.41 Å². The maximum atomic E-state index is 13.8. The first-order valence-electron chi connectivity index (χ1n) is 7.85. The van der Waals surface area contributed by atoms with Gasteiger partial charge in [0.1, 0.15) is 11.9 Å². The highest BCUT2D eigenvalue weighted by Crippen LogP contribution is 2.53. The predicted molar refractivity (Wildman–Crippen MR) is 88.7 cm³/mol. The summed E-state index contributed by atoms with van der Waals surface area (Å²) in [6.45, 7) is 1.20. The molecule has 0 aromatic heterocycles. The molecule has 25 heavy (non-hydrogen) atoms. The van der Waals surface area contributed by atoms with E-state index in [9.17, 15) is 20.2 Å². The monoisotopic (exact) mass is 333 g/mol. The standard InChI is InChI=1S/C19H16FN5/c1-25-6-5-14-15(8-21)18(24)19(10-22,11-23)17(16(14)9-25)12-3-2-4-13(20)7-12/h2-5,7,16-17H,6,9,24H2,1H3/t16-,17+/m0/s1. The fraction of sp³-hybridized carbons (Fsp3) is 0.316. The number of nitrogens with zero attached hydrogens (tertiary/aromatic N) is 4. The van der Waals surface area contributed by atoms with Gasteiger partial charge >= 0.3 is 0 Å². The normalized spacial score (nSPS) is 25.2. The molecule has 1 aliphatic carbocycles. The van der Waals surface area contributed by atoms with E-state index >= 15 is 0 Å². The molecule has 0 amide bonds. The van der Waals surface area contributed by atoms with Gasteiger partial charge in [-0.1, -0.05) is 18.2 Å². The molecule has 2 atom stereocenters. The summed E-state index contributed by atoms with van der Waals surface area (Å²) >= 11 is 0. The van der Waals surface area contributed by atoms with Crippen LogP contribution in [0.1, 0.15) is 11.5 Å². The SMILES string of the molecule is CN1CC=C2C(C#N)=C(N)C(C#N)(C#N)[C@H](c3cccc(F)c3)[C@H]2C1. The molecule has 1 heterocycles. The first kappa shape index (κ1) is 16.7. The lowest BCUT2D eigenvalue weighted by molar-refractivity contribution is 0.237. The van der Waals surface area contributed by atoms with E-state index < -0.39 is 17.2 Å². The number of benzene rings is 1. The zero-order chi connectivity index (χ0) is 18.2. The van der Waals surface area contributed by atoms with Crippen LogP contribution in [0.4, 0.5) is 4.39 Å². The van der Waals surface area contributed by atoms with Gasteiger partial charge in [-0.3, -0.25) is 0 Å². The fourth-order valence-corrected chi connectivity index (χ4v) is 3.90. The van der Waals surface area contributed by atoms with E-state index in [1.165, 1.54) is 12.1 Å². The molecule has 1 aromatic carbocycles. The topological polar surface area (TPSA) is 101 Å². The van der Waals surface area contributed by atoms with Crippen LogP contribution in [0.3, 0.4) is 0 Å². The molecule has 2 aliphatic rings. The summed E-state index contributed by atoms with van der Waals surface area (Å²) in [6, 6.07) is 12.0. The number of hydrogen-bond acceptors (Lipinski definition) is 5. The van der Waals surface area contributed by atoms with Crippen molar-refractivity contribution in [3.8, 4) is 18.2 Å². The number of fused-ring (bicyclic) bond motifs is 1. The van der Waals surface area contributed by atoms with Crippen molar-refractivity contribution in [2.45, 2.75) is 5.92 Å². The van der Waals surface area contributed by atoms with Gasteiger partial charge < -0.3 is 10.6 Å². The first-order valence-corrected chi connectivity index (χ1v) is 7.85. The molecule has 0 saturated carbocycles. The van der Waals surface area contributed by atoms with Crippen molar-refractivity contribution in [2.75, 3.05) is 20.1 Å². The summed E-state index contributed by atoms with van der Waals surface area (Å²) in [5, 5.41) is 29.3. The maximum absolute atomic E-state index is 13.8. The van der Waals surface area contributed by atoms with Crippen LogP contribution in [0.15, 0.2) is 47.2 Å². The zero-order valence-corrected chi connectivity index (χ0v) is 13.7. The molecule has 0 bridgehead atoms. The van der Waals surface area contributed by atoms with Crippen molar-refractivity contribution >= 4 is 0 Å². The summed E-state index contributed by atoms with van der Waals surface area (Å²) in [7, 11) is 1.92. The second-order valence-corrected chi connectivity index (χ2v) is 6.45. The molecular weight excluding hydrogens is 317 g/mol. The van der Waals surface area contributed by atoms with Crippen LogP contribution >= 0.6 is 0 Å². The van der Waals surface area contributed by atoms with Crippen LogP contribution in [0, 0.1) is 51.1 Å². The minimum Gasteiger partial charge on any atom is -0.399 e.